The summed E-state index contributed by atoms with van der Waals surface area (Å²) in [5.74, 6) is -0.143. The molecular formula is C14H16ClN3OS. The van der Waals surface area contributed by atoms with E-state index >= 15 is 0 Å². The van der Waals surface area contributed by atoms with Crippen molar-refractivity contribution in [2.75, 3.05) is 24.7 Å². The highest BCUT2D eigenvalue weighted by molar-refractivity contribution is 7.16. The highest BCUT2D eigenvalue weighted by Crippen LogP contribution is 2.28. The normalized spacial score (nSPS) is 10.3. The van der Waals surface area contributed by atoms with Gasteiger partial charge in [-0.2, -0.15) is 0 Å². The van der Waals surface area contributed by atoms with Gasteiger partial charge in [0.05, 0.1) is 22.3 Å². The predicted molar refractivity (Wildman–Crippen MR) is 85.7 cm³/mol. The molecule has 2 rings (SSSR count). The number of amides is 1. The Bertz CT molecular complexity index is 627. The molecule has 106 valence electrons. The maximum absolute atomic E-state index is 11.5. The zero-order valence-electron chi connectivity index (χ0n) is 11.3. The fraction of sp³-hybridized carbons (Fsp3) is 0.214. The Morgan fingerprint density at radius 1 is 1.40 bits per heavy atom. The van der Waals surface area contributed by atoms with Gasteiger partial charge in [0.2, 0.25) is 0 Å². The summed E-state index contributed by atoms with van der Waals surface area (Å²) in [6.07, 6.45) is 0. The smallest absolute Gasteiger partial charge is 0.251 e. The number of thiophene rings is 1. The van der Waals surface area contributed by atoms with Crippen molar-refractivity contribution in [3.8, 4) is 0 Å². The van der Waals surface area contributed by atoms with Crippen LogP contribution in [0.1, 0.15) is 15.2 Å². The third kappa shape index (κ3) is 3.23. The molecule has 0 unspecified atom stereocenters. The van der Waals surface area contributed by atoms with E-state index in [1.807, 2.05) is 30.1 Å². The monoisotopic (exact) mass is 309 g/mol. The highest BCUT2D eigenvalue weighted by atomic mass is 35.5. The molecule has 0 bridgehead atoms. The first-order valence-electron chi connectivity index (χ1n) is 6.08. The molecule has 0 atom stereocenters. The van der Waals surface area contributed by atoms with Crippen LogP contribution in [0.5, 0.6) is 0 Å². The Hall–Kier alpha value is -1.72. The molecule has 3 N–H and O–H groups in total. The van der Waals surface area contributed by atoms with Gasteiger partial charge in [-0.25, -0.2) is 0 Å². The van der Waals surface area contributed by atoms with Crippen LogP contribution in [0, 0.1) is 0 Å². The number of benzene rings is 1. The minimum Gasteiger partial charge on any atom is -0.397 e. The fourth-order valence-electron chi connectivity index (χ4n) is 1.94. The average molecular weight is 310 g/mol. The summed E-state index contributed by atoms with van der Waals surface area (Å²) in [5.41, 5.74) is 8.06. The second-order valence-electron chi connectivity index (χ2n) is 4.41. The van der Waals surface area contributed by atoms with Gasteiger partial charge in [-0.1, -0.05) is 11.6 Å². The molecule has 0 radical (unpaired) electrons. The lowest BCUT2D eigenvalue weighted by molar-refractivity contribution is 0.0963. The van der Waals surface area contributed by atoms with Gasteiger partial charge in [-0.3, -0.25) is 4.79 Å². The van der Waals surface area contributed by atoms with Gasteiger partial charge in [0.25, 0.3) is 5.91 Å². The van der Waals surface area contributed by atoms with E-state index in [1.165, 1.54) is 0 Å². The van der Waals surface area contributed by atoms with Gasteiger partial charge in [0, 0.05) is 24.5 Å². The molecule has 2 aromatic rings. The lowest BCUT2D eigenvalue weighted by Crippen LogP contribution is -2.20. The van der Waals surface area contributed by atoms with E-state index in [1.54, 1.807) is 30.5 Å². The van der Waals surface area contributed by atoms with Gasteiger partial charge in [0.1, 0.15) is 0 Å². The van der Waals surface area contributed by atoms with Gasteiger partial charge < -0.3 is 16.0 Å². The van der Waals surface area contributed by atoms with Crippen LogP contribution in [0.4, 0.5) is 11.4 Å². The standard InChI is InChI=1S/C14H16ClN3OS/c1-17-14(19)9-3-5-12(11(16)7-9)18(2)8-10-4-6-13(15)20-10/h3-7H,8,16H2,1-2H3,(H,17,19). The molecule has 0 aliphatic carbocycles. The predicted octanol–water partition coefficient (Wildman–Crippen LogP) is 2.98. The van der Waals surface area contributed by atoms with Crippen LogP contribution in [0.3, 0.4) is 0 Å². The summed E-state index contributed by atoms with van der Waals surface area (Å²) < 4.78 is 0.774. The van der Waals surface area contributed by atoms with Crippen molar-refractivity contribution in [3.63, 3.8) is 0 Å². The number of nitrogens with two attached hydrogens (primary N) is 1. The molecule has 0 spiro atoms. The molecule has 1 amide bonds. The minimum absolute atomic E-state index is 0.143. The molecule has 1 heterocycles. The fourth-order valence-corrected chi connectivity index (χ4v) is 3.08. The number of nitrogens with zero attached hydrogens (tertiary/aromatic N) is 1. The quantitative estimate of drug-likeness (QED) is 0.854. The number of hydrogen-bond acceptors (Lipinski definition) is 4. The Kier molecular flexibility index (Phi) is 4.52. The van der Waals surface area contributed by atoms with E-state index in [9.17, 15) is 4.79 Å². The van der Waals surface area contributed by atoms with E-state index in [0.717, 1.165) is 21.4 Å². The third-order valence-corrected chi connectivity index (χ3v) is 4.17. The van der Waals surface area contributed by atoms with Crippen molar-refractivity contribution in [2.24, 2.45) is 0 Å². The SMILES string of the molecule is CNC(=O)c1ccc(N(C)Cc2ccc(Cl)s2)c(N)c1. The second-order valence-corrected chi connectivity index (χ2v) is 6.21. The second kappa shape index (κ2) is 6.15. The van der Waals surface area contributed by atoms with Crippen LogP contribution in [0.2, 0.25) is 4.34 Å². The molecule has 0 saturated carbocycles. The first-order valence-corrected chi connectivity index (χ1v) is 7.27. The number of hydrogen-bond donors (Lipinski definition) is 2. The zero-order chi connectivity index (χ0) is 14.7. The van der Waals surface area contributed by atoms with Crippen molar-refractivity contribution in [1.29, 1.82) is 0 Å². The van der Waals surface area contributed by atoms with Crippen LogP contribution in [-0.2, 0) is 6.54 Å². The van der Waals surface area contributed by atoms with Gasteiger partial charge >= 0.3 is 0 Å². The summed E-state index contributed by atoms with van der Waals surface area (Å²) in [4.78, 5) is 14.7. The van der Waals surface area contributed by atoms with Crippen molar-refractivity contribution in [1.82, 2.24) is 5.32 Å². The summed E-state index contributed by atoms with van der Waals surface area (Å²) >= 11 is 7.47. The van der Waals surface area contributed by atoms with Crippen LogP contribution in [-0.4, -0.2) is 20.0 Å². The molecular weight excluding hydrogens is 294 g/mol. The molecule has 4 nitrogen and oxygen atoms in total. The van der Waals surface area contributed by atoms with Crippen molar-refractivity contribution in [3.05, 3.63) is 45.1 Å². The number of anilines is 2. The number of rotatable bonds is 4. The Morgan fingerprint density at radius 3 is 2.70 bits per heavy atom. The Labute approximate surface area is 127 Å². The third-order valence-electron chi connectivity index (χ3n) is 2.95. The van der Waals surface area contributed by atoms with E-state index in [4.69, 9.17) is 17.3 Å². The van der Waals surface area contributed by atoms with E-state index < -0.39 is 0 Å². The first-order chi connectivity index (χ1) is 9.51. The molecule has 1 aromatic carbocycles. The largest absolute Gasteiger partial charge is 0.397 e. The van der Waals surface area contributed by atoms with Crippen molar-refractivity contribution in [2.45, 2.75) is 6.54 Å². The van der Waals surface area contributed by atoms with Crippen molar-refractivity contribution >= 4 is 40.2 Å². The number of nitrogens with one attached hydrogen (secondary N) is 1. The summed E-state index contributed by atoms with van der Waals surface area (Å²) in [7, 11) is 3.55. The van der Waals surface area contributed by atoms with Crippen LogP contribution in [0.25, 0.3) is 0 Å². The Morgan fingerprint density at radius 2 is 2.15 bits per heavy atom. The topological polar surface area (TPSA) is 58.4 Å². The molecule has 20 heavy (non-hydrogen) atoms. The van der Waals surface area contributed by atoms with E-state index in [-0.39, 0.29) is 5.91 Å². The number of halogens is 1. The highest BCUT2D eigenvalue weighted by Gasteiger charge is 2.10. The zero-order valence-corrected chi connectivity index (χ0v) is 12.9. The number of carbonyl (C=O) groups excluding carboxylic acids is 1. The van der Waals surface area contributed by atoms with Gasteiger partial charge in [0.15, 0.2) is 0 Å². The van der Waals surface area contributed by atoms with Crippen LogP contribution >= 0.6 is 22.9 Å². The minimum atomic E-state index is -0.143. The maximum Gasteiger partial charge on any atom is 0.251 e. The number of nitrogen functional groups attached to an aromatic ring is 1. The first kappa shape index (κ1) is 14.7. The van der Waals surface area contributed by atoms with Gasteiger partial charge in [-0.15, -0.1) is 11.3 Å². The lowest BCUT2D eigenvalue weighted by Gasteiger charge is -2.20. The molecule has 0 fully saturated rings. The lowest BCUT2D eigenvalue weighted by atomic mass is 10.1. The summed E-state index contributed by atoms with van der Waals surface area (Å²) in [6.45, 7) is 0.723. The molecule has 0 aliphatic rings. The summed E-state index contributed by atoms with van der Waals surface area (Å²) in [5, 5.41) is 2.58. The number of carbonyl (C=O) groups is 1. The van der Waals surface area contributed by atoms with Crippen molar-refractivity contribution < 1.29 is 4.79 Å². The molecule has 0 saturated heterocycles. The molecule has 6 heteroatoms. The maximum atomic E-state index is 11.5. The van der Waals surface area contributed by atoms with E-state index in [2.05, 4.69) is 5.32 Å². The van der Waals surface area contributed by atoms with Crippen LogP contribution in [0.15, 0.2) is 30.3 Å². The average Bonchev–Trinajstić information content (AvgIpc) is 2.82. The van der Waals surface area contributed by atoms with Gasteiger partial charge in [-0.05, 0) is 30.3 Å². The molecule has 0 aliphatic heterocycles. The van der Waals surface area contributed by atoms with Crippen LogP contribution < -0.4 is 16.0 Å². The summed E-state index contributed by atoms with van der Waals surface area (Å²) in [6, 6.07) is 9.19. The Balaban J connectivity index is 2.17. The molecule has 1 aromatic heterocycles. The van der Waals surface area contributed by atoms with E-state index in [0.29, 0.717) is 11.3 Å².